The number of carbonyl (C=O) groups excluding carboxylic acids is 1. The lowest BCUT2D eigenvalue weighted by Gasteiger charge is -2.39. The van der Waals surface area contributed by atoms with Crippen molar-refractivity contribution in [2.75, 3.05) is 19.6 Å². The van der Waals surface area contributed by atoms with Gasteiger partial charge in [-0.25, -0.2) is 8.78 Å². The molecule has 2 aliphatic rings. The number of benzene rings is 2. The molecule has 0 radical (unpaired) electrons. The second kappa shape index (κ2) is 7.46. The Kier molecular flexibility index (Phi) is 5.04. The van der Waals surface area contributed by atoms with Gasteiger partial charge in [0.1, 0.15) is 17.9 Å². The average molecular weight is 371 g/mol. The molecule has 6 heteroatoms. The summed E-state index contributed by atoms with van der Waals surface area (Å²) in [5.41, 5.74) is 7.78. The first-order valence-electron chi connectivity index (χ1n) is 9.26. The van der Waals surface area contributed by atoms with Gasteiger partial charge < -0.3 is 10.5 Å². The number of nitrogens with two attached hydrogens (primary N) is 1. The lowest BCUT2D eigenvalue weighted by molar-refractivity contribution is -0.109. The van der Waals surface area contributed by atoms with E-state index in [1.54, 1.807) is 24.3 Å². The number of halogens is 2. The fraction of sp³-hybridized carbons (Fsp3) is 0.381. The van der Waals surface area contributed by atoms with Crippen LogP contribution in [0.5, 0.6) is 0 Å². The molecule has 2 aromatic carbocycles. The average Bonchev–Trinajstić information content (AvgIpc) is 3.25. The molecule has 2 aliphatic heterocycles. The van der Waals surface area contributed by atoms with E-state index in [0.29, 0.717) is 18.6 Å². The van der Waals surface area contributed by atoms with Gasteiger partial charge in [-0.1, -0.05) is 24.3 Å². The Morgan fingerprint density at radius 3 is 1.96 bits per heavy atom. The lowest BCUT2D eigenvalue weighted by atomic mass is 9.96. The molecule has 2 heterocycles. The van der Waals surface area contributed by atoms with Crippen molar-refractivity contribution in [3.8, 4) is 0 Å². The minimum absolute atomic E-state index is 0.0527. The minimum Gasteiger partial charge on any atom is -0.321 e. The summed E-state index contributed by atoms with van der Waals surface area (Å²) < 4.78 is 26.9. The lowest BCUT2D eigenvalue weighted by Crippen LogP contribution is -2.51. The van der Waals surface area contributed by atoms with Crippen molar-refractivity contribution < 1.29 is 13.6 Å². The summed E-state index contributed by atoms with van der Waals surface area (Å²) in [6, 6.07) is 13.2. The Morgan fingerprint density at radius 2 is 1.52 bits per heavy atom. The number of hydrogen-bond acceptors (Lipinski definition) is 4. The van der Waals surface area contributed by atoms with Gasteiger partial charge in [0.05, 0.1) is 12.1 Å². The normalized spacial score (nSPS) is 23.9. The molecule has 0 aliphatic carbocycles. The molecule has 0 saturated carbocycles. The molecule has 2 fully saturated rings. The molecule has 27 heavy (non-hydrogen) atoms. The number of rotatable bonds is 6. The summed E-state index contributed by atoms with van der Waals surface area (Å²) in [5.74, 6) is -0.540. The Hall–Kier alpha value is -2.15. The van der Waals surface area contributed by atoms with Gasteiger partial charge >= 0.3 is 0 Å². The molecule has 2 unspecified atom stereocenters. The Labute approximate surface area is 157 Å². The van der Waals surface area contributed by atoms with Gasteiger partial charge in [-0.15, -0.1) is 0 Å². The van der Waals surface area contributed by atoms with Gasteiger partial charge in [-0.05, 0) is 41.8 Å². The van der Waals surface area contributed by atoms with Crippen molar-refractivity contribution in [3.63, 3.8) is 0 Å². The molecule has 142 valence electrons. The van der Waals surface area contributed by atoms with E-state index in [2.05, 4.69) is 9.80 Å². The standard InChI is InChI=1S/C21H23F2N3O/c22-16-5-1-14(2-6-16)21(15-3-7-17(23)8-4-15)26-12-19-9-20(26)11-25(19)10-18(24)13-27/h1-8,13,18-21H,9-12,24H2/t18?,19?,20-/m0/s1. The van der Waals surface area contributed by atoms with Crippen LogP contribution in [0.25, 0.3) is 0 Å². The number of likely N-dealkylation sites (tertiary alicyclic amines) is 2. The topological polar surface area (TPSA) is 49.6 Å². The van der Waals surface area contributed by atoms with Crippen LogP contribution in [-0.4, -0.2) is 53.8 Å². The Bertz CT molecular complexity index is 751. The van der Waals surface area contributed by atoms with Crippen LogP contribution in [0.2, 0.25) is 0 Å². The van der Waals surface area contributed by atoms with Crippen LogP contribution in [0.1, 0.15) is 23.6 Å². The Morgan fingerprint density at radius 1 is 0.963 bits per heavy atom. The van der Waals surface area contributed by atoms with E-state index < -0.39 is 6.04 Å². The number of nitrogens with zero attached hydrogens (tertiary/aromatic N) is 2. The zero-order valence-electron chi connectivity index (χ0n) is 15.0. The number of piperazine rings is 1. The molecule has 0 amide bonds. The van der Waals surface area contributed by atoms with Crippen LogP contribution < -0.4 is 5.73 Å². The highest BCUT2D eigenvalue weighted by atomic mass is 19.1. The molecule has 2 N–H and O–H groups in total. The van der Waals surface area contributed by atoms with Crippen LogP contribution in [0.3, 0.4) is 0 Å². The maximum atomic E-state index is 13.4. The van der Waals surface area contributed by atoms with Gasteiger partial charge in [-0.2, -0.15) is 0 Å². The van der Waals surface area contributed by atoms with E-state index in [1.165, 1.54) is 24.3 Å². The van der Waals surface area contributed by atoms with Gasteiger partial charge in [-0.3, -0.25) is 9.80 Å². The van der Waals surface area contributed by atoms with Gasteiger partial charge in [0.2, 0.25) is 0 Å². The van der Waals surface area contributed by atoms with E-state index in [4.69, 9.17) is 5.73 Å². The van der Waals surface area contributed by atoms with Crippen LogP contribution in [0, 0.1) is 11.6 Å². The van der Waals surface area contributed by atoms with Crippen molar-refractivity contribution in [3.05, 3.63) is 71.3 Å². The summed E-state index contributed by atoms with van der Waals surface area (Å²) in [4.78, 5) is 15.6. The number of aldehydes is 1. The summed E-state index contributed by atoms with van der Waals surface area (Å²) in [6.45, 7) is 2.27. The third-order valence-electron chi connectivity index (χ3n) is 5.72. The summed E-state index contributed by atoms with van der Waals surface area (Å²) in [6.07, 6.45) is 1.81. The third kappa shape index (κ3) is 3.65. The minimum atomic E-state index is -0.456. The molecule has 2 saturated heterocycles. The molecule has 3 atom stereocenters. The van der Waals surface area contributed by atoms with E-state index in [1.807, 2.05) is 0 Å². The van der Waals surface area contributed by atoms with Crippen molar-refractivity contribution >= 4 is 6.29 Å². The second-order valence-corrected chi connectivity index (χ2v) is 7.50. The number of hydrogen-bond donors (Lipinski definition) is 1. The molecule has 4 rings (SSSR count). The van der Waals surface area contributed by atoms with Crippen LogP contribution >= 0.6 is 0 Å². The van der Waals surface area contributed by atoms with Crippen LogP contribution in [-0.2, 0) is 4.79 Å². The predicted octanol–water partition coefficient (Wildman–Crippen LogP) is 2.34. The first kappa shape index (κ1) is 18.2. The van der Waals surface area contributed by atoms with Crippen molar-refractivity contribution in [1.29, 1.82) is 0 Å². The SMILES string of the molecule is NC(C=O)CN1C[C@@H]2CC1CN2C(c1ccc(F)cc1)c1ccc(F)cc1. The zero-order chi connectivity index (χ0) is 19.0. The molecule has 2 aromatic rings. The monoisotopic (exact) mass is 371 g/mol. The summed E-state index contributed by atoms with van der Waals surface area (Å²) in [5, 5.41) is 0. The molecule has 2 bridgehead atoms. The first-order valence-corrected chi connectivity index (χ1v) is 9.26. The first-order chi connectivity index (χ1) is 13.0. The fourth-order valence-corrected chi connectivity index (χ4v) is 4.50. The van der Waals surface area contributed by atoms with E-state index >= 15 is 0 Å². The maximum Gasteiger partial charge on any atom is 0.137 e. The van der Waals surface area contributed by atoms with Gasteiger partial charge in [0, 0.05) is 31.7 Å². The molecule has 0 spiro atoms. The molecule has 4 nitrogen and oxygen atoms in total. The predicted molar refractivity (Wildman–Crippen MR) is 99.2 cm³/mol. The zero-order valence-corrected chi connectivity index (χ0v) is 15.0. The highest BCUT2D eigenvalue weighted by Gasteiger charge is 2.46. The van der Waals surface area contributed by atoms with Crippen LogP contribution in [0.4, 0.5) is 8.78 Å². The third-order valence-corrected chi connectivity index (χ3v) is 5.72. The quantitative estimate of drug-likeness (QED) is 0.792. The fourth-order valence-electron chi connectivity index (χ4n) is 4.50. The largest absolute Gasteiger partial charge is 0.321 e. The summed E-state index contributed by atoms with van der Waals surface area (Å²) in [7, 11) is 0. The second-order valence-electron chi connectivity index (χ2n) is 7.50. The highest BCUT2D eigenvalue weighted by molar-refractivity contribution is 5.57. The van der Waals surface area contributed by atoms with Crippen molar-refractivity contribution in [1.82, 2.24) is 9.80 Å². The van der Waals surface area contributed by atoms with E-state index in [-0.39, 0.29) is 17.7 Å². The van der Waals surface area contributed by atoms with Crippen LogP contribution in [0.15, 0.2) is 48.5 Å². The smallest absolute Gasteiger partial charge is 0.137 e. The summed E-state index contributed by atoms with van der Waals surface area (Å²) >= 11 is 0. The van der Waals surface area contributed by atoms with Crippen molar-refractivity contribution in [2.24, 2.45) is 5.73 Å². The van der Waals surface area contributed by atoms with Crippen molar-refractivity contribution in [2.45, 2.75) is 30.6 Å². The maximum absolute atomic E-state index is 13.4. The molecule has 0 aromatic heterocycles. The number of carbonyl (C=O) groups is 1. The molecular weight excluding hydrogens is 348 g/mol. The number of fused-ring (bicyclic) bond motifs is 2. The van der Waals surface area contributed by atoms with Gasteiger partial charge in [0.15, 0.2) is 0 Å². The van der Waals surface area contributed by atoms with E-state index in [0.717, 1.165) is 36.9 Å². The van der Waals surface area contributed by atoms with Gasteiger partial charge in [0.25, 0.3) is 0 Å². The Balaban J connectivity index is 1.60. The van der Waals surface area contributed by atoms with E-state index in [9.17, 15) is 13.6 Å². The highest BCUT2D eigenvalue weighted by Crippen LogP contribution is 2.40. The molecular formula is C21H23F2N3O.